The van der Waals surface area contributed by atoms with Gasteiger partial charge in [-0.1, -0.05) is 34.1 Å². The second kappa shape index (κ2) is 8.59. The Balaban J connectivity index is 2.01. The van der Waals surface area contributed by atoms with Crippen molar-refractivity contribution in [1.82, 2.24) is 4.98 Å². The number of rotatable bonds is 4. The number of hydrogen-bond donors (Lipinski definition) is 1. The van der Waals surface area contributed by atoms with Gasteiger partial charge in [0.05, 0.1) is 24.3 Å². The summed E-state index contributed by atoms with van der Waals surface area (Å²) in [4.78, 5) is 32.0. The molecule has 1 saturated heterocycles. The highest BCUT2D eigenvalue weighted by molar-refractivity contribution is 9.10. The van der Waals surface area contributed by atoms with E-state index in [1.165, 1.54) is 12.0 Å². The number of methoxy groups -OCH3 is 1. The van der Waals surface area contributed by atoms with Crippen molar-refractivity contribution in [2.24, 2.45) is 0 Å². The standard InChI is InChI=1S/C25H21BrN2O4/c1-14-10-15(2)24(32-3)19(11-14)22(29)20-21(16-6-5-9-27-13-16)28(25(31)23(20)30)18-8-4-7-17(26)12-18/h4-13,21,29H,1-3H3/b22-20+. The summed E-state index contributed by atoms with van der Waals surface area (Å²) in [6.07, 6.45) is 3.20. The monoisotopic (exact) mass is 492 g/mol. The minimum absolute atomic E-state index is 0.00808. The molecule has 6 nitrogen and oxygen atoms in total. The van der Waals surface area contributed by atoms with Crippen LogP contribution in [0.2, 0.25) is 0 Å². The van der Waals surface area contributed by atoms with Crippen LogP contribution in [0.5, 0.6) is 5.75 Å². The Morgan fingerprint density at radius 2 is 1.91 bits per heavy atom. The van der Waals surface area contributed by atoms with E-state index in [1.807, 2.05) is 26.0 Å². The summed E-state index contributed by atoms with van der Waals surface area (Å²) in [7, 11) is 1.51. The Labute approximate surface area is 194 Å². The molecule has 0 bridgehead atoms. The number of pyridine rings is 1. The SMILES string of the molecule is COc1c(C)cc(C)cc1/C(O)=C1\C(=O)C(=O)N(c2cccc(Br)c2)C1c1cccnc1. The number of aliphatic hydroxyl groups is 1. The second-order valence-corrected chi connectivity index (χ2v) is 8.51. The number of ether oxygens (including phenoxy) is 1. The number of aromatic nitrogens is 1. The maximum Gasteiger partial charge on any atom is 0.300 e. The van der Waals surface area contributed by atoms with Gasteiger partial charge >= 0.3 is 0 Å². The quantitative estimate of drug-likeness (QED) is 0.311. The molecule has 0 aliphatic carbocycles. The second-order valence-electron chi connectivity index (χ2n) is 7.60. The number of ketones is 1. The predicted molar refractivity (Wildman–Crippen MR) is 126 cm³/mol. The number of halogens is 1. The van der Waals surface area contributed by atoms with E-state index in [-0.39, 0.29) is 11.3 Å². The van der Waals surface area contributed by atoms with Crippen LogP contribution in [-0.2, 0) is 9.59 Å². The van der Waals surface area contributed by atoms with Gasteiger partial charge < -0.3 is 9.84 Å². The molecule has 1 atom stereocenters. The summed E-state index contributed by atoms with van der Waals surface area (Å²) < 4.78 is 6.28. The molecule has 1 aliphatic heterocycles. The molecule has 1 unspecified atom stereocenters. The Bertz CT molecular complexity index is 1250. The normalized spacial score (nSPS) is 17.6. The summed E-state index contributed by atoms with van der Waals surface area (Å²) >= 11 is 3.42. The van der Waals surface area contributed by atoms with Crippen molar-refractivity contribution in [3.05, 3.63) is 93.2 Å². The van der Waals surface area contributed by atoms with E-state index in [0.29, 0.717) is 22.6 Å². The van der Waals surface area contributed by atoms with Crippen LogP contribution in [-0.4, -0.2) is 28.9 Å². The van der Waals surface area contributed by atoms with E-state index in [9.17, 15) is 14.7 Å². The van der Waals surface area contributed by atoms with Crippen molar-refractivity contribution in [3.63, 3.8) is 0 Å². The molecule has 1 fully saturated rings. The van der Waals surface area contributed by atoms with E-state index >= 15 is 0 Å². The topological polar surface area (TPSA) is 79.7 Å². The lowest BCUT2D eigenvalue weighted by Crippen LogP contribution is -2.29. The lowest BCUT2D eigenvalue weighted by molar-refractivity contribution is -0.132. The largest absolute Gasteiger partial charge is 0.507 e. The zero-order chi connectivity index (χ0) is 23.0. The first kappa shape index (κ1) is 21.8. The van der Waals surface area contributed by atoms with E-state index in [2.05, 4.69) is 20.9 Å². The third-order valence-electron chi connectivity index (χ3n) is 5.41. The summed E-state index contributed by atoms with van der Waals surface area (Å²) in [5, 5.41) is 11.4. The van der Waals surface area contributed by atoms with Crippen LogP contribution < -0.4 is 9.64 Å². The minimum Gasteiger partial charge on any atom is -0.507 e. The van der Waals surface area contributed by atoms with Gasteiger partial charge in [-0.3, -0.25) is 19.5 Å². The molecular weight excluding hydrogens is 472 g/mol. The number of aryl methyl sites for hydroxylation is 2. The number of hydrogen-bond acceptors (Lipinski definition) is 5. The third-order valence-corrected chi connectivity index (χ3v) is 5.90. The Kier molecular flexibility index (Phi) is 5.84. The van der Waals surface area contributed by atoms with Crippen molar-refractivity contribution >= 4 is 39.1 Å². The summed E-state index contributed by atoms with van der Waals surface area (Å²) in [6, 6.07) is 13.5. The Morgan fingerprint density at radius 3 is 2.56 bits per heavy atom. The Morgan fingerprint density at radius 1 is 1.12 bits per heavy atom. The molecule has 7 heteroatoms. The minimum atomic E-state index is -0.844. The fraction of sp³-hybridized carbons (Fsp3) is 0.160. The third kappa shape index (κ3) is 3.69. The molecule has 32 heavy (non-hydrogen) atoms. The fourth-order valence-electron chi connectivity index (χ4n) is 4.12. The van der Waals surface area contributed by atoms with Gasteiger partial charge in [0.1, 0.15) is 11.5 Å². The molecule has 1 amide bonds. The van der Waals surface area contributed by atoms with Crippen molar-refractivity contribution in [1.29, 1.82) is 0 Å². The van der Waals surface area contributed by atoms with Crippen molar-refractivity contribution in [2.45, 2.75) is 19.9 Å². The van der Waals surface area contributed by atoms with E-state index in [0.717, 1.165) is 15.6 Å². The number of amides is 1. The van der Waals surface area contributed by atoms with Crippen LogP contribution in [0.15, 0.2) is 71.0 Å². The zero-order valence-corrected chi connectivity index (χ0v) is 19.4. The van der Waals surface area contributed by atoms with Crippen LogP contribution in [0, 0.1) is 13.8 Å². The lowest BCUT2D eigenvalue weighted by atomic mass is 9.94. The molecule has 0 radical (unpaired) electrons. The van der Waals surface area contributed by atoms with Crippen LogP contribution in [0.4, 0.5) is 5.69 Å². The first-order valence-corrected chi connectivity index (χ1v) is 10.7. The average molecular weight is 493 g/mol. The van der Waals surface area contributed by atoms with Gasteiger partial charge in [-0.25, -0.2) is 0 Å². The van der Waals surface area contributed by atoms with Gasteiger partial charge in [-0.2, -0.15) is 0 Å². The molecule has 2 aromatic carbocycles. The van der Waals surface area contributed by atoms with E-state index in [4.69, 9.17) is 4.74 Å². The van der Waals surface area contributed by atoms with Crippen LogP contribution >= 0.6 is 15.9 Å². The molecule has 1 N–H and O–H groups in total. The molecule has 1 aliphatic rings. The van der Waals surface area contributed by atoms with Crippen LogP contribution in [0.1, 0.15) is 28.3 Å². The summed E-state index contributed by atoms with van der Waals surface area (Å²) in [6.45, 7) is 3.75. The maximum absolute atomic E-state index is 13.3. The van der Waals surface area contributed by atoms with Gasteiger partial charge in [0.15, 0.2) is 0 Å². The predicted octanol–water partition coefficient (Wildman–Crippen LogP) is 5.10. The number of nitrogens with zero attached hydrogens (tertiary/aromatic N) is 2. The van der Waals surface area contributed by atoms with Gasteiger partial charge in [0, 0.05) is 22.6 Å². The van der Waals surface area contributed by atoms with Crippen molar-refractivity contribution < 1.29 is 19.4 Å². The number of carbonyl (C=O) groups is 2. The molecular formula is C25H21BrN2O4. The fourth-order valence-corrected chi connectivity index (χ4v) is 4.51. The van der Waals surface area contributed by atoms with E-state index < -0.39 is 17.7 Å². The zero-order valence-electron chi connectivity index (χ0n) is 17.8. The highest BCUT2D eigenvalue weighted by atomic mass is 79.9. The van der Waals surface area contributed by atoms with Gasteiger partial charge in [-0.05, 0) is 60.9 Å². The molecule has 3 aromatic rings. The van der Waals surface area contributed by atoms with Crippen LogP contribution in [0.3, 0.4) is 0 Å². The molecule has 0 spiro atoms. The van der Waals surface area contributed by atoms with Gasteiger partial charge in [0.2, 0.25) is 0 Å². The van der Waals surface area contributed by atoms with Gasteiger partial charge in [0.25, 0.3) is 11.7 Å². The highest BCUT2D eigenvalue weighted by Crippen LogP contribution is 2.44. The average Bonchev–Trinajstić information content (AvgIpc) is 3.04. The first-order chi connectivity index (χ1) is 15.3. The van der Waals surface area contributed by atoms with Gasteiger partial charge in [-0.15, -0.1) is 0 Å². The molecule has 162 valence electrons. The molecule has 2 heterocycles. The Hall–Kier alpha value is -3.45. The molecule has 0 saturated carbocycles. The van der Waals surface area contributed by atoms with Crippen molar-refractivity contribution in [3.8, 4) is 5.75 Å². The molecule has 1 aromatic heterocycles. The van der Waals surface area contributed by atoms with Crippen molar-refractivity contribution in [2.75, 3.05) is 12.0 Å². The number of Topliss-reactive ketones (excluding diaryl/α,β-unsaturated/α-hetero) is 1. The first-order valence-electron chi connectivity index (χ1n) is 9.95. The summed E-state index contributed by atoms with van der Waals surface area (Å²) in [5.41, 5.74) is 3.20. The lowest BCUT2D eigenvalue weighted by Gasteiger charge is -2.25. The van der Waals surface area contributed by atoms with Crippen LogP contribution in [0.25, 0.3) is 5.76 Å². The van der Waals surface area contributed by atoms with E-state index in [1.54, 1.807) is 48.8 Å². The summed E-state index contributed by atoms with van der Waals surface area (Å²) in [5.74, 6) is -1.32. The smallest absolute Gasteiger partial charge is 0.300 e. The number of anilines is 1. The number of benzene rings is 2. The number of carbonyl (C=O) groups excluding carboxylic acids is 2. The number of aliphatic hydroxyl groups excluding tert-OH is 1. The highest BCUT2D eigenvalue weighted by Gasteiger charge is 2.47. The molecule has 4 rings (SSSR count). The maximum atomic E-state index is 13.3.